The molecule has 0 saturated heterocycles. The number of likely N-dealkylation sites (N-methyl/N-ethyl adjacent to an activating group) is 1. The van der Waals surface area contributed by atoms with E-state index in [4.69, 9.17) is 0 Å². The third kappa shape index (κ3) is 4.52. The predicted octanol–water partition coefficient (Wildman–Crippen LogP) is 2.88. The van der Waals surface area contributed by atoms with Crippen LogP contribution in [0.3, 0.4) is 0 Å². The lowest BCUT2D eigenvalue weighted by Gasteiger charge is -2.20. The van der Waals surface area contributed by atoms with E-state index < -0.39 is 17.8 Å². The molecule has 0 aliphatic rings. The van der Waals surface area contributed by atoms with Gasteiger partial charge in [-0.3, -0.25) is 10.1 Å². The Hall–Kier alpha value is -1.56. The molecule has 2 N–H and O–H groups in total. The van der Waals surface area contributed by atoms with E-state index in [-0.39, 0.29) is 11.9 Å². The van der Waals surface area contributed by atoms with E-state index in [9.17, 15) is 18.0 Å². The molecule has 0 saturated carbocycles. The monoisotopic (exact) mass is 288 g/mol. The number of rotatable bonds is 5. The van der Waals surface area contributed by atoms with Crippen LogP contribution in [0.25, 0.3) is 0 Å². The van der Waals surface area contributed by atoms with Crippen molar-refractivity contribution in [1.29, 1.82) is 0 Å². The largest absolute Gasteiger partial charge is 0.416 e. The van der Waals surface area contributed by atoms with Crippen LogP contribution in [0.2, 0.25) is 0 Å². The van der Waals surface area contributed by atoms with Crippen LogP contribution in [0.4, 0.5) is 13.2 Å². The summed E-state index contributed by atoms with van der Waals surface area (Å²) in [5.74, 6) is -0.133. The van der Waals surface area contributed by atoms with Gasteiger partial charge in [0, 0.05) is 12.6 Å². The summed E-state index contributed by atoms with van der Waals surface area (Å²) in [4.78, 5) is 11.6. The minimum Gasteiger partial charge on any atom is -0.355 e. The maximum Gasteiger partial charge on any atom is 0.416 e. The number of amides is 1. The number of carbonyl (C=O) groups is 1. The Morgan fingerprint density at radius 1 is 1.20 bits per heavy atom. The molecule has 0 fully saturated rings. The molecule has 0 bridgehead atoms. The Morgan fingerprint density at radius 2 is 1.75 bits per heavy atom. The molecule has 20 heavy (non-hydrogen) atoms. The van der Waals surface area contributed by atoms with Gasteiger partial charge >= 0.3 is 6.18 Å². The van der Waals surface area contributed by atoms with Gasteiger partial charge in [0.05, 0.1) is 11.6 Å². The SMILES string of the molecule is CCNC(=O)C(C)NC(C)c1ccc(C(F)(F)F)cc1. The van der Waals surface area contributed by atoms with Crippen molar-refractivity contribution in [2.24, 2.45) is 0 Å². The first-order valence-electron chi connectivity index (χ1n) is 6.46. The predicted molar refractivity (Wildman–Crippen MR) is 71.1 cm³/mol. The highest BCUT2D eigenvalue weighted by atomic mass is 19.4. The molecule has 112 valence electrons. The molecule has 3 nitrogen and oxygen atoms in total. The molecule has 1 aromatic carbocycles. The van der Waals surface area contributed by atoms with E-state index in [1.807, 2.05) is 6.92 Å². The van der Waals surface area contributed by atoms with Gasteiger partial charge in [0.15, 0.2) is 0 Å². The van der Waals surface area contributed by atoms with Crippen molar-refractivity contribution in [3.63, 3.8) is 0 Å². The summed E-state index contributed by atoms with van der Waals surface area (Å²) >= 11 is 0. The highest BCUT2D eigenvalue weighted by Crippen LogP contribution is 2.29. The maximum atomic E-state index is 12.5. The van der Waals surface area contributed by atoms with Gasteiger partial charge < -0.3 is 5.32 Å². The number of halogens is 3. The van der Waals surface area contributed by atoms with Crippen molar-refractivity contribution in [3.8, 4) is 0 Å². The molecular formula is C14H19F3N2O. The van der Waals surface area contributed by atoms with Crippen LogP contribution in [-0.2, 0) is 11.0 Å². The minimum absolute atomic E-state index is 0.133. The van der Waals surface area contributed by atoms with Crippen molar-refractivity contribution in [1.82, 2.24) is 10.6 Å². The number of hydrogen-bond donors (Lipinski definition) is 2. The van der Waals surface area contributed by atoms with Crippen LogP contribution < -0.4 is 10.6 Å². The van der Waals surface area contributed by atoms with Gasteiger partial charge in [-0.15, -0.1) is 0 Å². The molecule has 0 heterocycles. The number of hydrogen-bond acceptors (Lipinski definition) is 2. The molecule has 0 spiro atoms. The molecular weight excluding hydrogens is 269 g/mol. The molecule has 2 atom stereocenters. The zero-order valence-electron chi connectivity index (χ0n) is 11.7. The lowest BCUT2D eigenvalue weighted by atomic mass is 10.0. The van der Waals surface area contributed by atoms with Crippen LogP contribution in [0.5, 0.6) is 0 Å². The number of benzene rings is 1. The van der Waals surface area contributed by atoms with Crippen LogP contribution in [0.1, 0.15) is 37.9 Å². The fourth-order valence-electron chi connectivity index (χ4n) is 1.84. The molecule has 1 amide bonds. The lowest BCUT2D eigenvalue weighted by molar-refractivity contribution is -0.137. The standard InChI is InChI=1S/C14H19F3N2O/c1-4-18-13(20)10(3)19-9(2)11-5-7-12(8-6-11)14(15,16)17/h5-10,19H,4H2,1-3H3,(H,18,20). The highest BCUT2D eigenvalue weighted by Gasteiger charge is 2.30. The van der Waals surface area contributed by atoms with Crippen molar-refractivity contribution in [2.75, 3.05) is 6.54 Å². The molecule has 0 radical (unpaired) electrons. The second-order valence-electron chi connectivity index (χ2n) is 4.62. The zero-order valence-corrected chi connectivity index (χ0v) is 11.7. The Bertz CT molecular complexity index is 443. The fraction of sp³-hybridized carbons (Fsp3) is 0.500. The summed E-state index contributed by atoms with van der Waals surface area (Å²) in [5.41, 5.74) is 0.0272. The second-order valence-corrected chi connectivity index (χ2v) is 4.62. The topological polar surface area (TPSA) is 41.1 Å². The number of alkyl halides is 3. The summed E-state index contributed by atoms with van der Waals surface area (Å²) in [6.07, 6.45) is -4.33. The Labute approximate surface area is 116 Å². The van der Waals surface area contributed by atoms with Gasteiger partial charge in [0.25, 0.3) is 0 Å². The average Bonchev–Trinajstić information content (AvgIpc) is 2.38. The molecule has 6 heteroatoms. The van der Waals surface area contributed by atoms with E-state index in [1.165, 1.54) is 12.1 Å². The third-order valence-electron chi connectivity index (χ3n) is 2.98. The molecule has 0 aromatic heterocycles. The average molecular weight is 288 g/mol. The number of carbonyl (C=O) groups excluding carboxylic acids is 1. The van der Waals surface area contributed by atoms with E-state index in [2.05, 4.69) is 10.6 Å². The van der Waals surface area contributed by atoms with Gasteiger partial charge in [-0.2, -0.15) is 13.2 Å². The quantitative estimate of drug-likeness (QED) is 0.874. The summed E-state index contributed by atoms with van der Waals surface area (Å²) in [6, 6.07) is 4.31. The van der Waals surface area contributed by atoms with Crippen LogP contribution in [-0.4, -0.2) is 18.5 Å². The maximum absolute atomic E-state index is 12.5. The molecule has 1 aromatic rings. The van der Waals surface area contributed by atoms with Crippen molar-refractivity contribution < 1.29 is 18.0 Å². The van der Waals surface area contributed by atoms with Crippen molar-refractivity contribution in [3.05, 3.63) is 35.4 Å². The van der Waals surface area contributed by atoms with Gasteiger partial charge in [-0.25, -0.2) is 0 Å². The van der Waals surface area contributed by atoms with Crippen LogP contribution >= 0.6 is 0 Å². The number of nitrogens with one attached hydrogen (secondary N) is 2. The fourth-order valence-corrected chi connectivity index (χ4v) is 1.84. The van der Waals surface area contributed by atoms with Crippen LogP contribution in [0, 0.1) is 0 Å². The summed E-state index contributed by atoms with van der Waals surface area (Å²) in [7, 11) is 0. The van der Waals surface area contributed by atoms with E-state index >= 15 is 0 Å². The molecule has 0 aliphatic carbocycles. The van der Waals surface area contributed by atoms with Gasteiger partial charge in [-0.1, -0.05) is 12.1 Å². The van der Waals surface area contributed by atoms with E-state index in [0.717, 1.165) is 12.1 Å². The summed E-state index contributed by atoms with van der Waals surface area (Å²) < 4.78 is 37.4. The molecule has 0 aliphatic heterocycles. The van der Waals surface area contributed by atoms with Gasteiger partial charge in [0.1, 0.15) is 0 Å². The minimum atomic E-state index is -4.33. The normalized spacial score (nSPS) is 14.7. The molecule has 1 rings (SSSR count). The summed E-state index contributed by atoms with van der Waals surface area (Å²) in [5, 5.41) is 5.73. The van der Waals surface area contributed by atoms with Crippen LogP contribution in [0.15, 0.2) is 24.3 Å². The Morgan fingerprint density at radius 3 is 2.20 bits per heavy atom. The van der Waals surface area contributed by atoms with E-state index in [1.54, 1.807) is 13.8 Å². The summed E-state index contributed by atoms with van der Waals surface area (Å²) in [6.45, 7) is 5.88. The zero-order chi connectivity index (χ0) is 15.3. The Kier molecular flexibility index (Phi) is 5.56. The third-order valence-corrected chi connectivity index (χ3v) is 2.98. The first kappa shape index (κ1) is 16.5. The Balaban J connectivity index is 2.68. The first-order valence-corrected chi connectivity index (χ1v) is 6.46. The molecule has 2 unspecified atom stereocenters. The first-order chi connectivity index (χ1) is 9.25. The van der Waals surface area contributed by atoms with Gasteiger partial charge in [0.2, 0.25) is 5.91 Å². The smallest absolute Gasteiger partial charge is 0.355 e. The van der Waals surface area contributed by atoms with Crippen molar-refractivity contribution >= 4 is 5.91 Å². The highest BCUT2D eigenvalue weighted by molar-refractivity contribution is 5.81. The van der Waals surface area contributed by atoms with Crippen molar-refractivity contribution in [2.45, 2.75) is 39.0 Å². The lowest BCUT2D eigenvalue weighted by Crippen LogP contribution is -2.43. The van der Waals surface area contributed by atoms with Gasteiger partial charge in [-0.05, 0) is 38.5 Å². The van der Waals surface area contributed by atoms with E-state index in [0.29, 0.717) is 12.1 Å². The second kappa shape index (κ2) is 6.74.